The van der Waals surface area contributed by atoms with E-state index >= 15 is 0 Å². The Morgan fingerprint density at radius 1 is 1.40 bits per heavy atom. The highest BCUT2D eigenvalue weighted by Gasteiger charge is 2.20. The molecule has 54 valence electrons. The molecule has 0 aliphatic heterocycles. The van der Waals surface area contributed by atoms with Crippen LogP contribution in [0.4, 0.5) is 0 Å². The number of rotatable bonds is 0. The normalized spacial score (nSPS) is 32.8. The second kappa shape index (κ2) is 2.77. The zero-order valence-electron chi connectivity index (χ0n) is 6.40. The van der Waals surface area contributed by atoms with Crippen LogP contribution >= 0.6 is 0 Å². The van der Waals surface area contributed by atoms with E-state index in [2.05, 4.69) is 12.5 Å². The molecule has 0 N–H and O–H groups in total. The quantitative estimate of drug-likeness (QED) is 0.447. The van der Waals surface area contributed by atoms with Gasteiger partial charge in [-0.3, -0.25) is 0 Å². The molecule has 0 heterocycles. The van der Waals surface area contributed by atoms with Crippen molar-refractivity contribution < 1.29 is 0 Å². The van der Waals surface area contributed by atoms with E-state index in [1.165, 1.54) is 38.5 Å². The van der Waals surface area contributed by atoms with Crippen LogP contribution in [0.25, 0.3) is 0 Å². The van der Waals surface area contributed by atoms with Crippen molar-refractivity contribution in [2.45, 2.75) is 38.5 Å². The second-order valence-electron chi connectivity index (χ2n) is 3.37. The van der Waals surface area contributed by atoms with Crippen LogP contribution in [0.2, 0.25) is 0 Å². The van der Waals surface area contributed by atoms with Gasteiger partial charge in [-0.1, -0.05) is 11.6 Å². The van der Waals surface area contributed by atoms with Gasteiger partial charge in [-0.05, 0) is 50.9 Å². The summed E-state index contributed by atoms with van der Waals surface area (Å²) in [7, 11) is 0. The molecule has 0 heteroatoms. The van der Waals surface area contributed by atoms with Gasteiger partial charge in [0.1, 0.15) is 0 Å². The molecule has 2 aliphatic rings. The van der Waals surface area contributed by atoms with Crippen LogP contribution in [0.15, 0.2) is 11.6 Å². The average Bonchev–Trinajstić information content (AvgIpc) is 2.05. The predicted molar refractivity (Wildman–Crippen MR) is 42.5 cm³/mol. The fourth-order valence-electron chi connectivity index (χ4n) is 2.06. The molecule has 0 nitrogen and oxygen atoms in total. The smallest absolute Gasteiger partial charge is 0.0130 e. The third-order valence-electron chi connectivity index (χ3n) is 2.69. The first-order chi connectivity index (χ1) is 4.97. The standard InChI is InChI=1S/C10H14/c1-2-6-10-8-4-3-7-9(10)5-1/h6,9H,1-3,5,7-8H2. The summed E-state index contributed by atoms with van der Waals surface area (Å²) >= 11 is 0. The summed E-state index contributed by atoms with van der Waals surface area (Å²) < 4.78 is 0. The van der Waals surface area contributed by atoms with Gasteiger partial charge in [0.2, 0.25) is 0 Å². The van der Waals surface area contributed by atoms with Gasteiger partial charge in [-0.25, -0.2) is 0 Å². The predicted octanol–water partition coefficient (Wildman–Crippen LogP) is 2.98. The van der Waals surface area contributed by atoms with Gasteiger partial charge >= 0.3 is 0 Å². The van der Waals surface area contributed by atoms with Gasteiger partial charge in [0.05, 0.1) is 0 Å². The third kappa shape index (κ3) is 1.12. The lowest BCUT2D eigenvalue weighted by Crippen LogP contribution is -2.13. The van der Waals surface area contributed by atoms with E-state index in [1.807, 2.05) is 0 Å². The van der Waals surface area contributed by atoms with Crippen LogP contribution < -0.4 is 0 Å². The molecule has 0 amide bonds. The maximum absolute atomic E-state index is 3.42. The molecule has 2 radical (unpaired) electrons. The minimum absolute atomic E-state index is 0.954. The van der Waals surface area contributed by atoms with E-state index in [0.717, 1.165) is 5.92 Å². The van der Waals surface area contributed by atoms with E-state index in [9.17, 15) is 0 Å². The molecule has 2 aliphatic carbocycles. The lowest BCUT2D eigenvalue weighted by Gasteiger charge is -2.28. The van der Waals surface area contributed by atoms with Crippen LogP contribution in [0.5, 0.6) is 0 Å². The van der Waals surface area contributed by atoms with Crippen LogP contribution in [-0.2, 0) is 0 Å². The van der Waals surface area contributed by atoms with Crippen LogP contribution in [-0.4, -0.2) is 0 Å². The van der Waals surface area contributed by atoms with Crippen molar-refractivity contribution in [3.63, 3.8) is 0 Å². The van der Waals surface area contributed by atoms with E-state index in [0.29, 0.717) is 0 Å². The third-order valence-corrected chi connectivity index (χ3v) is 2.69. The Labute approximate surface area is 63.3 Å². The van der Waals surface area contributed by atoms with Gasteiger partial charge in [0.25, 0.3) is 0 Å². The van der Waals surface area contributed by atoms with Crippen LogP contribution in [0.1, 0.15) is 38.5 Å². The summed E-state index contributed by atoms with van der Waals surface area (Å²) in [6.45, 7) is 0. The molecule has 0 spiro atoms. The number of allylic oxidation sites excluding steroid dienone is 2. The molecule has 0 bridgehead atoms. The highest BCUT2D eigenvalue weighted by atomic mass is 14.3. The molecule has 1 fully saturated rings. The zero-order chi connectivity index (χ0) is 6.81. The molecule has 1 atom stereocenters. The minimum Gasteiger partial charge on any atom is -0.0850 e. The first kappa shape index (κ1) is 6.45. The largest absolute Gasteiger partial charge is 0.0850 e. The summed E-state index contributed by atoms with van der Waals surface area (Å²) in [6, 6.07) is 0. The summed E-state index contributed by atoms with van der Waals surface area (Å²) in [5, 5.41) is 0. The monoisotopic (exact) mass is 134 g/mol. The average molecular weight is 134 g/mol. The fraction of sp³-hybridized carbons (Fsp3) is 0.700. The molecular formula is C10H14. The lowest BCUT2D eigenvalue weighted by atomic mass is 9.78. The molecule has 1 saturated carbocycles. The Morgan fingerprint density at radius 3 is 3.30 bits per heavy atom. The number of hydrogen-bond acceptors (Lipinski definition) is 0. The lowest BCUT2D eigenvalue weighted by molar-refractivity contribution is 0.439. The van der Waals surface area contributed by atoms with Crippen molar-refractivity contribution in [1.82, 2.24) is 0 Å². The molecule has 10 heavy (non-hydrogen) atoms. The molecule has 0 aromatic heterocycles. The first-order valence-corrected chi connectivity index (χ1v) is 4.36. The highest BCUT2D eigenvalue weighted by Crippen LogP contribution is 2.35. The van der Waals surface area contributed by atoms with E-state index < -0.39 is 0 Å². The molecular weight excluding hydrogens is 120 g/mol. The second-order valence-corrected chi connectivity index (χ2v) is 3.37. The van der Waals surface area contributed by atoms with E-state index in [-0.39, 0.29) is 0 Å². The molecule has 1 unspecified atom stereocenters. The minimum atomic E-state index is 0.954. The van der Waals surface area contributed by atoms with Gasteiger partial charge in [0, 0.05) is 0 Å². The Balaban J connectivity index is 2.08. The Morgan fingerprint density at radius 2 is 2.40 bits per heavy atom. The molecule has 0 aromatic carbocycles. The highest BCUT2D eigenvalue weighted by molar-refractivity contribution is 5.15. The van der Waals surface area contributed by atoms with Crippen molar-refractivity contribution in [3.8, 4) is 0 Å². The van der Waals surface area contributed by atoms with Gasteiger partial charge in [-0.15, -0.1) is 0 Å². The van der Waals surface area contributed by atoms with Gasteiger partial charge in [0.15, 0.2) is 0 Å². The van der Waals surface area contributed by atoms with Gasteiger partial charge < -0.3 is 0 Å². The van der Waals surface area contributed by atoms with Crippen molar-refractivity contribution in [2.24, 2.45) is 5.92 Å². The van der Waals surface area contributed by atoms with Crippen molar-refractivity contribution in [3.05, 3.63) is 18.1 Å². The number of fused-ring (bicyclic) bond motifs is 1. The maximum atomic E-state index is 3.42. The molecule has 0 saturated heterocycles. The summed E-state index contributed by atoms with van der Waals surface area (Å²) in [5.74, 6) is 0.954. The van der Waals surface area contributed by atoms with Crippen LogP contribution in [0.3, 0.4) is 0 Å². The summed E-state index contributed by atoms with van der Waals surface area (Å²) in [5.41, 5.74) is 1.69. The first-order valence-electron chi connectivity index (χ1n) is 4.36. The maximum Gasteiger partial charge on any atom is -0.0130 e. The number of hydrogen-bond donors (Lipinski definition) is 0. The summed E-state index contributed by atoms with van der Waals surface area (Å²) in [4.78, 5) is 0. The Bertz CT molecular complexity index is 144. The molecule has 0 aromatic rings. The van der Waals surface area contributed by atoms with E-state index in [1.54, 1.807) is 5.57 Å². The SMILES string of the molecule is [C]1CCC2CCCC=C2C1. The van der Waals surface area contributed by atoms with Crippen LogP contribution in [0, 0.1) is 12.3 Å². The van der Waals surface area contributed by atoms with Gasteiger partial charge in [-0.2, -0.15) is 0 Å². The fourth-order valence-corrected chi connectivity index (χ4v) is 2.06. The zero-order valence-corrected chi connectivity index (χ0v) is 6.40. The van der Waals surface area contributed by atoms with Crippen molar-refractivity contribution in [1.29, 1.82) is 0 Å². The topological polar surface area (TPSA) is 0 Å². The Kier molecular flexibility index (Phi) is 1.79. The van der Waals surface area contributed by atoms with E-state index in [4.69, 9.17) is 0 Å². The summed E-state index contributed by atoms with van der Waals surface area (Å²) in [6.07, 6.45) is 13.9. The molecule has 2 rings (SSSR count). The van der Waals surface area contributed by atoms with Crippen molar-refractivity contribution >= 4 is 0 Å². The van der Waals surface area contributed by atoms with Crippen molar-refractivity contribution in [2.75, 3.05) is 0 Å². The Hall–Kier alpha value is -0.260.